The van der Waals surface area contributed by atoms with Crippen molar-refractivity contribution < 1.29 is 48.6 Å². The quantitative estimate of drug-likeness (QED) is 0.0249. The fourth-order valence-electron chi connectivity index (χ4n) is 6.90. The number of amides is 6. The highest BCUT2D eigenvalue weighted by Gasteiger charge is 2.33. The maximum absolute atomic E-state index is 13.8. The molecule has 0 spiro atoms. The van der Waals surface area contributed by atoms with Gasteiger partial charge in [-0.05, 0) is 42.0 Å². The minimum atomic E-state index is -1.75. The van der Waals surface area contributed by atoms with Crippen LogP contribution >= 0.6 is 0 Å². The molecule has 21 nitrogen and oxygen atoms in total. The van der Waals surface area contributed by atoms with Crippen LogP contribution in [0.2, 0.25) is 0 Å². The molecule has 14 N–H and O–H groups in total. The number of aromatic amines is 2. The normalized spacial score (nSPS) is 13.9. The van der Waals surface area contributed by atoms with Crippen molar-refractivity contribution in [2.24, 2.45) is 11.7 Å². The number of guanidine groups is 1. The number of carboxylic acid groups (broad SMARTS) is 2. The Bertz CT molecular complexity index is 2310. The average molecular weight is 874 g/mol. The molecular formula is C42H55N11O10. The summed E-state index contributed by atoms with van der Waals surface area (Å²) in [4.78, 5) is 110. The largest absolute Gasteiger partial charge is 0.481 e. The van der Waals surface area contributed by atoms with E-state index in [0.29, 0.717) is 17.5 Å². The molecule has 4 aromatic rings. The summed E-state index contributed by atoms with van der Waals surface area (Å²) in [6.07, 6.45) is 2.90. The second-order valence-corrected chi connectivity index (χ2v) is 15.1. The molecule has 2 aromatic carbocycles. The van der Waals surface area contributed by atoms with Gasteiger partial charge in [-0.1, -0.05) is 56.7 Å². The second kappa shape index (κ2) is 23.0. The van der Waals surface area contributed by atoms with E-state index in [2.05, 4.69) is 47.2 Å². The van der Waals surface area contributed by atoms with Crippen LogP contribution in [0.1, 0.15) is 57.6 Å². The second-order valence-electron chi connectivity index (χ2n) is 15.1. The molecule has 0 saturated heterocycles. The van der Waals surface area contributed by atoms with Gasteiger partial charge in [0.2, 0.25) is 35.4 Å². The number of fused-ring (bicyclic) bond motifs is 2. The Labute approximate surface area is 362 Å². The van der Waals surface area contributed by atoms with Gasteiger partial charge in [-0.15, -0.1) is 0 Å². The molecule has 338 valence electrons. The summed E-state index contributed by atoms with van der Waals surface area (Å²) >= 11 is 0. The summed E-state index contributed by atoms with van der Waals surface area (Å²) in [7, 11) is 0. The maximum atomic E-state index is 13.8. The molecule has 0 saturated carbocycles. The van der Waals surface area contributed by atoms with Gasteiger partial charge in [-0.3, -0.25) is 39.0 Å². The van der Waals surface area contributed by atoms with Crippen molar-refractivity contribution in [1.82, 2.24) is 47.2 Å². The molecule has 2 aromatic heterocycles. The van der Waals surface area contributed by atoms with E-state index in [-0.39, 0.29) is 38.2 Å². The van der Waals surface area contributed by atoms with E-state index >= 15 is 0 Å². The first-order valence-electron chi connectivity index (χ1n) is 20.3. The Hall–Kier alpha value is -7.45. The smallest absolute Gasteiger partial charge is 0.326 e. The Morgan fingerprint density at radius 2 is 1.24 bits per heavy atom. The van der Waals surface area contributed by atoms with E-state index < -0.39 is 96.5 Å². The van der Waals surface area contributed by atoms with Gasteiger partial charge in [-0.2, -0.15) is 0 Å². The van der Waals surface area contributed by atoms with E-state index in [4.69, 9.17) is 11.1 Å². The van der Waals surface area contributed by atoms with Crippen molar-refractivity contribution in [3.05, 3.63) is 72.1 Å². The highest BCUT2D eigenvalue weighted by atomic mass is 16.4. The van der Waals surface area contributed by atoms with Gasteiger partial charge in [0.1, 0.15) is 30.2 Å². The third kappa shape index (κ3) is 14.3. The molecule has 0 radical (unpaired) electrons. The summed E-state index contributed by atoms with van der Waals surface area (Å²) in [6.45, 7) is 4.02. The summed E-state index contributed by atoms with van der Waals surface area (Å²) in [5.74, 6) is -8.56. The molecule has 6 atom stereocenters. The van der Waals surface area contributed by atoms with Gasteiger partial charge in [0.25, 0.3) is 0 Å². The molecule has 0 aliphatic heterocycles. The summed E-state index contributed by atoms with van der Waals surface area (Å²) in [6, 6.07) is 7.74. The van der Waals surface area contributed by atoms with E-state index in [1.54, 1.807) is 32.3 Å². The van der Waals surface area contributed by atoms with Crippen molar-refractivity contribution in [2.75, 3.05) is 13.1 Å². The molecule has 2 heterocycles. The lowest BCUT2D eigenvalue weighted by Gasteiger charge is -2.26. The molecule has 0 unspecified atom stereocenters. The molecule has 21 heteroatoms. The van der Waals surface area contributed by atoms with Crippen LogP contribution in [0.4, 0.5) is 0 Å². The monoisotopic (exact) mass is 873 g/mol. The molecule has 0 fully saturated rings. The number of nitrogens with two attached hydrogens (primary N) is 1. The minimum absolute atomic E-state index is 0.0342. The topological polar surface area (TPSA) is 343 Å². The Balaban J connectivity index is 1.43. The number of carboxylic acids is 2. The van der Waals surface area contributed by atoms with Gasteiger partial charge in [0.05, 0.1) is 13.0 Å². The van der Waals surface area contributed by atoms with E-state index in [9.17, 15) is 48.6 Å². The molecule has 6 amide bonds. The number of para-hydroxylation sites is 2. The number of carbonyl (C=O) groups is 8. The van der Waals surface area contributed by atoms with Crippen molar-refractivity contribution in [1.29, 1.82) is 5.41 Å². The molecule has 0 aliphatic carbocycles. The summed E-state index contributed by atoms with van der Waals surface area (Å²) < 4.78 is 0. The third-order valence-corrected chi connectivity index (χ3v) is 10.4. The number of benzene rings is 2. The van der Waals surface area contributed by atoms with Crippen LogP contribution in [0, 0.1) is 11.3 Å². The fourth-order valence-corrected chi connectivity index (χ4v) is 6.90. The van der Waals surface area contributed by atoms with Crippen molar-refractivity contribution in [3.8, 4) is 0 Å². The first kappa shape index (κ1) is 48.2. The number of aliphatic carboxylic acids is 2. The van der Waals surface area contributed by atoms with E-state index in [1.165, 1.54) is 6.92 Å². The van der Waals surface area contributed by atoms with Crippen molar-refractivity contribution in [3.63, 3.8) is 0 Å². The number of hydrogen-bond acceptors (Lipinski definition) is 9. The van der Waals surface area contributed by atoms with Crippen molar-refractivity contribution in [2.45, 2.75) is 89.5 Å². The summed E-state index contributed by atoms with van der Waals surface area (Å²) in [5, 5.41) is 46.1. The van der Waals surface area contributed by atoms with Gasteiger partial charge < -0.3 is 63.1 Å². The van der Waals surface area contributed by atoms with Crippen LogP contribution in [0.25, 0.3) is 21.8 Å². The van der Waals surface area contributed by atoms with Crippen molar-refractivity contribution >= 4 is 75.1 Å². The standard InChI is InChI=1S/C42H55N11O10/c1-4-22(2)36(40(61)52-33(41(62)63)17-25-20-47-29-13-8-6-11-27(25)29)53-34(55)21-48-37(58)32(18-35(56)57)51-38(59)30(14-9-15-45-42(43)44)50-39(60)31(49-23(3)54)16-24-19-46-28-12-7-5-10-26(24)28/h5-8,10-13,19-20,22,30-33,36,46-47H,4,9,14-18,21H2,1-3H3,(H,48,58)(H,49,54)(H,50,60)(H,51,59)(H,52,61)(H,53,55)(H,56,57)(H,62,63)(H4,43,44,45)/t22-,30-,31+,32-,33-,36-/m0/s1. The molecule has 0 bridgehead atoms. The highest BCUT2D eigenvalue weighted by molar-refractivity contribution is 5.97. The molecule has 63 heavy (non-hydrogen) atoms. The number of hydrogen-bond donors (Lipinski definition) is 13. The van der Waals surface area contributed by atoms with Crippen LogP contribution in [0.15, 0.2) is 60.9 Å². The highest BCUT2D eigenvalue weighted by Crippen LogP contribution is 2.21. The van der Waals surface area contributed by atoms with Gasteiger partial charge in [0, 0.05) is 60.5 Å². The Morgan fingerprint density at radius 3 is 1.78 bits per heavy atom. The fraction of sp³-hybridized carbons (Fsp3) is 0.405. The summed E-state index contributed by atoms with van der Waals surface area (Å²) in [5.41, 5.74) is 8.32. The van der Waals surface area contributed by atoms with Gasteiger partial charge in [-0.25, -0.2) is 4.79 Å². The zero-order chi connectivity index (χ0) is 46.2. The number of aromatic nitrogens is 2. The van der Waals surface area contributed by atoms with E-state index in [0.717, 1.165) is 21.8 Å². The van der Waals surface area contributed by atoms with Crippen LogP contribution in [-0.4, -0.2) is 117 Å². The minimum Gasteiger partial charge on any atom is -0.481 e. The van der Waals surface area contributed by atoms with E-state index in [1.807, 2.05) is 42.5 Å². The SMILES string of the molecule is CC[C@H](C)[C@H](NC(=O)CNC(=O)[C@H](CC(=O)O)NC(=O)[C@H](CCCNC(=N)N)NC(=O)[C@@H](Cc1c[nH]c2ccccc12)NC(C)=O)C(=O)N[C@@H](Cc1c[nH]c2ccccc12)C(=O)O. The third-order valence-electron chi connectivity index (χ3n) is 10.4. The number of carbonyl (C=O) groups excluding carboxylic acids is 6. The zero-order valence-corrected chi connectivity index (χ0v) is 35.1. The number of rotatable bonds is 24. The Morgan fingerprint density at radius 1 is 0.698 bits per heavy atom. The Kier molecular flexibility index (Phi) is 17.6. The van der Waals surface area contributed by atoms with Crippen LogP contribution in [-0.2, 0) is 51.2 Å². The molecule has 4 rings (SSSR count). The first-order chi connectivity index (χ1) is 30.0. The predicted octanol–water partition coefficient (Wildman–Crippen LogP) is -0.137. The van der Waals surface area contributed by atoms with Crippen LogP contribution in [0.5, 0.6) is 0 Å². The van der Waals surface area contributed by atoms with Gasteiger partial charge in [0.15, 0.2) is 5.96 Å². The lowest BCUT2D eigenvalue weighted by Crippen LogP contribution is -2.58. The van der Waals surface area contributed by atoms with Crippen LogP contribution in [0.3, 0.4) is 0 Å². The first-order valence-corrected chi connectivity index (χ1v) is 20.3. The predicted molar refractivity (Wildman–Crippen MR) is 231 cm³/mol. The number of H-pyrrole nitrogens is 2. The lowest BCUT2D eigenvalue weighted by molar-refractivity contribution is -0.142. The lowest BCUT2D eigenvalue weighted by atomic mass is 9.97. The maximum Gasteiger partial charge on any atom is 0.326 e. The zero-order valence-electron chi connectivity index (χ0n) is 35.1. The molecular weight excluding hydrogens is 819 g/mol. The van der Waals surface area contributed by atoms with Crippen LogP contribution < -0.4 is 43.0 Å². The average Bonchev–Trinajstić information content (AvgIpc) is 3.85. The number of nitrogens with one attached hydrogen (secondary N) is 10. The van der Waals surface area contributed by atoms with Gasteiger partial charge >= 0.3 is 11.9 Å². The molecule has 0 aliphatic rings.